The van der Waals surface area contributed by atoms with Gasteiger partial charge in [-0.05, 0) is 79.6 Å². The average molecular weight is 371 g/mol. The third-order valence-electron chi connectivity index (χ3n) is 6.37. The number of ether oxygens (including phenoxy) is 1. The molecule has 26 heavy (non-hydrogen) atoms. The Morgan fingerprint density at radius 2 is 1.96 bits per heavy atom. The summed E-state index contributed by atoms with van der Waals surface area (Å²) in [5.74, 6) is 3.50. The van der Waals surface area contributed by atoms with Crippen molar-refractivity contribution < 1.29 is 9.53 Å². The summed E-state index contributed by atoms with van der Waals surface area (Å²) in [5, 5.41) is 0. The monoisotopic (exact) mass is 370 g/mol. The molecule has 0 aliphatic heterocycles. The maximum Gasteiger partial charge on any atom is 0.316 e. The van der Waals surface area contributed by atoms with Crippen molar-refractivity contribution in [1.29, 1.82) is 0 Å². The standard InChI is InChI=1S/C23H30O2S/c24-23(25-19-10-2-1-3-11-19)16-26-15-22-20-12-6-4-8-17(20)14-18-9-5-7-13-21(18)22/h4-6,8-9,14,19-22H,1-3,7,10-13,15-16H2. The number of thioether (sulfide) groups is 1. The zero-order valence-corrected chi connectivity index (χ0v) is 16.4. The normalized spacial score (nSPS) is 30.8. The Labute approximate surface area is 161 Å². The van der Waals surface area contributed by atoms with Gasteiger partial charge in [0.1, 0.15) is 6.10 Å². The van der Waals surface area contributed by atoms with Crippen LogP contribution < -0.4 is 0 Å². The van der Waals surface area contributed by atoms with Gasteiger partial charge in [-0.1, -0.05) is 42.9 Å². The zero-order valence-electron chi connectivity index (χ0n) is 15.6. The number of rotatable bonds is 5. The van der Waals surface area contributed by atoms with E-state index in [1.54, 1.807) is 11.8 Å². The summed E-state index contributed by atoms with van der Waals surface area (Å²) >= 11 is 1.79. The Morgan fingerprint density at radius 3 is 2.85 bits per heavy atom. The van der Waals surface area contributed by atoms with Gasteiger partial charge in [0.25, 0.3) is 0 Å². The molecular formula is C23H30O2S. The molecule has 0 heterocycles. The van der Waals surface area contributed by atoms with Gasteiger partial charge in [-0.3, -0.25) is 4.79 Å². The summed E-state index contributed by atoms with van der Waals surface area (Å²) in [5.41, 5.74) is 2.99. The van der Waals surface area contributed by atoms with E-state index in [2.05, 4.69) is 36.5 Å². The molecule has 0 aromatic heterocycles. The molecule has 0 N–H and O–H groups in total. The van der Waals surface area contributed by atoms with Gasteiger partial charge in [0, 0.05) is 0 Å². The van der Waals surface area contributed by atoms with E-state index >= 15 is 0 Å². The topological polar surface area (TPSA) is 26.3 Å². The van der Waals surface area contributed by atoms with Gasteiger partial charge in [0.2, 0.25) is 0 Å². The fourth-order valence-corrected chi connectivity index (χ4v) is 6.12. The van der Waals surface area contributed by atoms with Gasteiger partial charge in [0.05, 0.1) is 5.75 Å². The van der Waals surface area contributed by atoms with Crippen LogP contribution in [0.25, 0.3) is 0 Å². The minimum absolute atomic E-state index is 0.00341. The number of allylic oxidation sites excluding steroid dienone is 8. The molecule has 3 heteroatoms. The zero-order chi connectivity index (χ0) is 17.8. The predicted molar refractivity (Wildman–Crippen MR) is 109 cm³/mol. The van der Waals surface area contributed by atoms with Crippen LogP contribution in [0.2, 0.25) is 0 Å². The van der Waals surface area contributed by atoms with Crippen LogP contribution in [0, 0.1) is 17.8 Å². The van der Waals surface area contributed by atoms with Crippen molar-refractivity contribution in [1.82, 2.24) is 0 Å². The summed E-state index contributed by atoms with van der Waals surface area (Å²) in [4.78, 5) is 12.2. The molecule has 4 rings (SSSR count). The molecule has 3 unspecified atom stereocenters. The highest BCUT2D eigenvalue weighted by Gasteiger charge is 2.37. The molecule has 4 aliphatic rings. The van der Waals surface area contributed by atoms with Crippen molar-refractivity contribution in [3.63, 3.8) is 0 Å². The lowest BCUT2D eigenvalue weighted by atomic mass is 9.65. The Bertz CT molecular complexity index is 637. The molecule has 0 saturated heterocycles. The fourth-order valence-electron chi connectivity index (χ4n) is 5.03. The van der Waals surface area contributed by atoms with Gasteiger partial charge >= 0.3 is 5.97 Å². The van der Waals surface area contributed by atoms with E-state index in [-0.39, 0.29) is 12.1 Å². The first kappa shape index (κ1) is 18.2. The summed E-state index contributed by atoms with van der Waals surface area (Å²) in [7, 11) is 0. The highest BCUT2D eigenvalue weighted by atomic mass is 32.2. The van der Waals surface area contributed by atoms with E-state index in [1.807, 2.05) is 0 Å². The molecule has 140 valence electrons. The Kier molecular flexibility index (Phi) is 6.04. The highest BCUT2D eigenvalue weighted by molar-refractivity contribution is 7.99. The van der Waals surface area contributed by atoms with E-state index in [1.165, 1.54) is 43.3 Å². The smallest absolute Gasteiger partial charge is 0.316 e. The fraction of sp³-hybridized carbons (Fsp3) is 0.609. The molecule has 1 saturated carbocycles. The van der Waals surface area contributed by atoms with Crippen LogP contribution in [0.5, 0.6) is 0 Å². The molecule has 0 aromatic rings. The lowest BCUT2D eigenvalue weighted by molar-refractivity contribution is -0.147. The average Bonchev–Trinajstić information content (AvgIpc) is 2.68. The van der Waals surface area contributed by atoms with E-state index in [0.717, 1.165) is 25.0 Å². The van der Waals surface area contributed by atoms with Crippen molar-refractivity contribution in [2.75, 3.05) is 11.5 Å². The predicted octanol–water partition coefficient (Wildman–Crippen LogP) is 5.62. The third-order valence-corrected chi connectivity index (χ3v) is 7.43. The van der Waals surface area contributed by atoms with E-state index in [9.17, 15) is 4.79 Å². The maximum absolute atomic E-state index is 12.2. The molecule has 0 bridgehead atoms. The van der Waals surface area contributed by atoms with Crippen LogP contribution in [0.3, 0.4) is 0 Å². The van der Waals surface area contributed by atoms with Gasteiger partial charge in [0.15, 0.2) is 0 Å². The Hall–Kier alpha value is -1.22. The minimum Gasteiger partial charge on any atom is -0.462 e. The Balaban J connectivity index is 1.33. The molecule has 1 fully saturated rings. The second kappa shape index (κ2) is 8.65. The van der Waals surface area contributed by atoms with Crippen LogP contribution >= 0.6 is 11.8 Å². The van der Waals surface area contributed by atoms with Gasteiger partial charge in [-0.15, -0.1) is 11.8 Å². The van der Waals surface area contributed by atoms with Crippen molar-refractivity contribution in [3.05, 3.63) is 47.6 Å². The molecule has 0 aromatic carbocycles. The quantitative estimate of drug-likeness (QED) is 0.588. The summed E-state index contributed by atoms with van der Waals surface area (Å²) < 4.78 is 5.69. The highest BCUT2D eigenvalue weighted by Crippen LogP contribution is 2.46. The minimum atomic E-state index is -0.00341. The lowest BCUT2D eigenvalue weighted by Crippen LogP contribution is -2.33. The molecule has 0 amide bonds. The van der Waals surface area contributed by atoms with Gasteiger partial charge in [-0.2, -0.15) is 0 Å². The van der Waals surface area contributed by atoms with Crippen LogP contribution in [0.1, 0.15) is 51.4 Å². The van der Waals surface area contributed by atoms with E-state index in [0.29, 0.717) is 23.5 Å². The number of hydrogen-bond donors (Lipinski definition) is 0. The van der Waals surface area contributed by atoms with Crippen LogP contribution in [0.15, 0.2) is 47.6 Å². The van der Waals surface area contributed by atoms with Crippen LogP contribution in [-0.4, -0.2) is 23.6 Å². The van der Waals surface area contributed by atoms with E-state index in [4.69, 9.17) is 4.74 Å². The van der Waals surface area contributed by atoms with E-state index < -0.39 is 0 Å². The van der Waals surface area contributed by atoms with Crippen LogP contribution in [-0.2, 0) is 9.53 Å². The molecule has 0 radical (unpaired) electrons. The second-order valence-electron chi connectivity index (χ2n) is 8.10. The molecule has 2 nitrogen and oxygen atoms in total. The lowest BCUT2D eigenvalue weighted by Gasteiger charge is -2.41. The summed E-state index contributed by atoms with van der Waals surface area (Å²) in [6.07, 6.45) is 23.5. The van der Waals surface area contributed by atoms with Gasteiger partial charge in [-0.25, -0.2) is 0 Å². The first-order chi connectivity index (χ1) is 12.8. The molecule has 4 aliphatic carbocycles. The summed E-state index contributed by atoms with van der Waals surface area (Å²) in [6.45, 7) is 0. The third kappa shape index (κ3) is 4.19. The molecule has 3 atom stereocenters. The van der Waals surface area contributed by atoms with Crippen molar-refractivity contribution in [3.8, 4) is 0 Å². The first-order valence-electron chi connectivity index (χ1n) is 10.3. The number of carbonyl (C=O) groups is 1. The number of hydrogen-bond acceptors (Lipinski definition) is 3. The van der Waals surface area contributed by atoms with Crippen LogP contribution in [0.4, 0.5) is 0 Å². The Morgan fingerprint density at radius 1 is 1.08 bits per heavy atom. The van der Waals surface area contributed by atoms with Gasteiger partial charge < -0.3 is 4.74 Å². The number of fused-ring (bicyclic) bond motifs is 2. The summed E-state index contributed by atoms with van der Waals surface area (Å²) in [6, 6.07) is 0. The number of esters is 1. The molecular weight excluding hydrogens is 340 g/mol. The SMILES string of the molecule is O=C(CSCC1C2CC=CC=C2C=C2C=CCCC21)OC1CCCCC1. The second-order valence-corrected chi connectivity index (χ2v) is 9.13. The largest absolute Gasteiger partial charge is 0.462 e. The molecule has 0 spiro atoms. The van der Waals surface area contributed by atoms with Crippen molar-refractivity contribution >= 4 is 17.7 Å². The van der Waals surface area contributed by atoms with Crippen molar-refractivity contribution in [2.45, 2.75) is 57.5 Å². The van der Waals surface area contributed by atoms with Crippen molar-refractivity contribution in [2.24, 2.45) is 17.8 Å². The first-order valence-corrected chi connectivity index (χ1v) is 11.5. The maximum atomic E-state index is 12.2. The number of carbonyl (C=O) groups excluding carboxylic acids is 1.